The monoisotopic (exact) mass is 732 g/mol. The largest absolute Gasteiger partial charge is 0.455 e. The Morgan fingerprint density at radius 2 is 1.09 bits per heavy atom. The molecule has 3 aromatic heterocycles. The highest BCUT2D eigenvalue weighted by Crippen LogP contribution is 2.48. The van der Waals surface area contributed by atoms with Crippen molar-refractivity contribution < 1.29 is 4.42 Å². The fourth-order valence-electron chi connectivity index (χ4n) is 8.89. The molecule has 0 aliphatic heterocycles. The van der Waals surface area contributed by atoms with Crippen LogP contribution in [-0.4, -0.2) is 4.57 Å². The summed E-state index contributed by atoms with van der Waals surface area (Å²) in [6, 6.07) is 70.2. The molecule has 56 heavy (non-hydrogen) atoms. The molecular weight excluding hydrogens is 701 g/mol. The van der Waals surface area contributed by atoms with Crippen LogP contribution >= 0.6 is 11.3 Å². The van der Waals surface area contributed by atoms with Gasteiger partial charge in [0.25, 0.3) is 0 Å². The zero-order valence-corrected chi connectivity index (χ0v) is 31.0. The van der Waals surface area contributed by atoms with Crippen molar-refractivity contribution in [3.8, 4) is 16.8 Å². The van der Waals surface area contributed by atoms with Crippen LogP contribution in [0, 0.1) is 0 Å². The van der Waals surface area contributed by atoms with Crippen molar-refractivity contribution in [2.75, 3.05) is 4.90 Å². The van der Waals surface area contributed by atoms with E-state index in [2.05, 4.69) is 204 Å². The summed E-state index contributed by atoms with van der Waals surface area (Å²) in [7, 11) is 0. The van der Waals surface area contributed by atoms with Gasteiger partial charge in [0.1, 0.15) is 11.2 Å². The maximum atomic E-state index is 6.74. The Hall–Kier alpha value is -7.14. The first-order valence-corrected chi connectivity index (χ1v) is 19.8. The van der Waals surface area contributed by atoms with Crippen LogP contribution in [0.2, 0.25) is 0 Å². The number of rotatable bonds is 5. The van der Waals surface area contributed by atoms with E-state index in [0.717, 1.165) is 55.6 Å². The van der Waals surface area contributed by atoms with Gasteiger partial charge in [0, 0.05) is 58.7 Å². The van der Waals surface area contributed by atoms with Crippen LogP contribution in [0.25, 0.3) is 91.5 Å². The van der Waals surface area contributed by atoms with Crippen molar-refractivity contribution in [2.45, 2.75) is 0 Å². The maximum Gasteiger partial charge on any atom is 0.143 e. The van der Waals surface area contributed by atoms with E-state index >= 15 is 0 Å². The molecule has 0 radical (unpaired) electrons. The summed E-state index contributed by atoms with van der Waals surface area (Å²) in [4.78, 5) is 2.42. The van der Waals surface area contributed by atoms with Gasteiger partial charge in [-0.2, -0.15) is 0 Å². The van der Waals surface area contributed by atoms with Gasteiger partial charge in [-0.1, -0.05) is 121 Å². The van der Waals surface area contributed by atoms with Gasteiger partial charge in [-0.05, 0) is 83.7 Å². The van der Waals surface area contributed by atoms with Gasteiger partial charge in [-0.25, -0.2) is 0 Å². The average Bonchev–Trinajstić information content (AvgIpc) is 3.94. The standard InChI is InChI=1S/C52H32N2OS/c1-2-14-38-33(12-1)24-31-43-51-47(21-11-22-48(51)55-52(38)43)54(36-28-26-35(27-29-36)53-45-19-8-4-15-39(45)40-16-5-9-20-46(40)53)44-18-7-3-13-37(44)34-25-30-42-41-17-6-10-23-49(41)56-50(42)32-34/h1-32H. The molecule has 262 valence electrons. The number of aromatic nitrogens is 1. The summed E-state index contributed by atoms with van der Waals surface area (Å²) >= 11 is 1.86. The van der Waals surface area contributed by atoms with E-state index in [1.165, 1.54) is 52.9 Å². The molecule has 9 aromatic carbocycles. The predicted octanol–water partition coefficient (Wildman–Crippen LogP) is 15.3. The van der Waals surface area contributed by atoms with E-state index in [1.54, 1.807) is 0 Å². The number of anilines is 3. The van der Waals surface area contributed by atoms with Crippen LogP contribution in [0.1, 0.15) is 0 Å². The Labute approximate surface area is 326 Å². The first-order chi connectivity index (χ1) is 27.8. The Balaban J connectivity index is 1.10. The first-order valence-electron chi connectivity index (χ1n) is 19.0. The first kappa shape index (κ1) is 31.2. The molecule has 0 spiro atoms. The molecule has 12 aromatic rings. The molecule has 0 saturated carbocycles. The predicted molar refractivity (Wildman–Crippen MR) is 239 cm³/mol. The third kappa shape index (κ3) is 4.63. The highest BCUT2D eigenvalue weighted by molar-refractivity contribution is 7.25. The van der Waals surface area contributed by atoms with E-state index in [4.69, 9.17) is 4.42 Å². The van der Waals surface area contributed by atoms with Gasteiger partial charge >= 0.3 is 0 Å². The van der Waals surface area contributed by atoms with Gasteiger partial charge in [0.05, 0.1) is 27.8 Å². The third-order valence-electron chi connectivity index (χ3n) is 11.4. The zero-order chi connectivity index (χ0) is 36.7. The Morgan fingerprint density at radius 1 is 0.446 bits per heavy atom. The number of furan rings is 1. The fourth-order valence-corrected chi connectivity index (χ4v) is 10.0. The van der Waals surface area contributed by atoms with E-state index in [1.807, 2.05) is 11.3 Å². The highest BCUT2D eigenvalue weighted by atomic mass is 32.1. The van der Waals surface area contributed by atoms with Gasteiger partial charge in [0.2, 0.25) is 0 Å². The molecular formula is C52H32N2OS. The minimum Gasteiger partial charge on any atom is -0.455 e. The second-order valence-electron chi connectivity index (χ2n) is 14.5. The number of hydrogen-bond acceptors (Lipinski definition) is 3. The second-order valence-corrected chi connectivity index (χ2v) is 15.5. The van der Waals surface area contributed by atoms with Crippen molar-refractivity contribution >= 4 is 103 Å². The molecule has 3 heterocycles. The summed E-state index contributed by atoms with van der Waals surface area (Å²) < 4.78 is 11.7. The van der Waals surface area contributed by atoms with Gasteiger partial charge in [-0.3, -0.25) is 0 Å². The molecule has 4 heteroatoms. The zero-order valence-electron chi connectivity index (χ0n) is 30.2. The SMILES string of the molecule is c1ccc(N(c2ccc(-n3c4ccccc4c4ccccc43)cc2)c2cccc3oc4c5ccccc5ccc4c23)c(-c2ccc3c(c2)sc2ccccc23)c1. The van der Waals surface area contributed by atoms with Gasteiger partial charge in [0.15, 0.2) is 0 Å². The molecule has 0 aliphatic carbocycles. The van der Waals surface area contributed by atoms with Crippen LogP contribution in [0.15, 0.2) is 199 Å². The van der Waals surface area contributed by atoms with Crippen molar-refractivity contribution in [1.29, 1.82) is 0 Å². The Bertz CT molecular complexity index is 3440. The molecule has 0 saturated heterocycles. The Morgan fingerprint density at radius 3 is 1.91 bits per heavy atom. The quantitative estimate of drug-likeness (QED) is 0.176. The third-order valence-corrected chi connectivity index (χ3v) is 12.5. The van der Waals surface area contributed by atoms with Crippen LogP contribution in [-0.2, 0) is 0 Å². The summed E-state index contributed by atoms with van der Waals surface area (Å²) in [5, 5.41) is 9.59. The Kier molecular flexibility index (Phi) is 6.80. The minimum absolute atomic E-state index is 0.866. The normalized spacial score (nSPS) is 11.9. The number of fused-ring (bicyclic) bond motifs is 11. The lowest BCUT2D eigenvalue weighted by molar-refractivity contribution is 0.672. The summed E-state index contributed by atoms with van der Waals surface area (Å²) in [5.41, 5.74) is 10.9. The summed E-state index contributed by atoms with van der Waals surface area (Å²) in [6.07, 6.45) is 0. The fraction of sp³-hybridized carbons (Fsp3) is 0. The van der Waals surface area contributed by atoms with Crippen molar-refractivity contribution in [1.82, 2.24) is 4.57 Å². The number of thiophene rings is 1. The van der Waals surface area contributed by atoms with E-state index in [-0.39, 0.29) is 0 Å². The lowest BCUT2D eigenvalue weighted by atomic mass is 9.99. The maximum absolute atomic E-state index is 6.74. The topological polar surface area (TPSA) is 21.3 Å². The minimum atomic E-state index is 0.866. The lowest BCUT2D eigenvalue weighted by Crippen LogP contribution is -2.11. The van der Waals surface area contributed by atoms with E-state index in [0.29, 0.717) is 0 Å². The molecule has 0 fully saturated rings. The van der Waals surface area contributed by atoms with Crippen molar-refractivity contribution in [2.24, 2.45) is 0 Å². The van der Waals surface area contributed by atoms with Crippen LogP contribution in [0.4, 0.5) is 17.1 Å². The molecule has 0 unspecified atom stereocenters. The molecule has 0 amide bonds. The van der Waals surface area contributed by atoms with E-state index in [9.17, 15) is 0 Å². The van der Waals surface area contributed by atoms with Crippen LogP contribution in [0.3, 0.4) is 0 Å². The molecule has 12 rings (SSSR count). The molecule has 0 aliphatic rings. The van der Waals surface area contributed by atoms with Crippen LogP contribution < -0.4 is 4.90 Å². The smallest absolute Gasteiger partial charge is 0.143 e. The highest BCUT2D eigenvalue weighted by Gasteiger charge is 2.23. The van der Waals surface area contributed by atoms with E-state index < -0.39 is 0 Å². The summed E-state index contributed by atoms with van der Waals surface area (Å²) in [5.74, 6) is 0. The number of benzene rings is 9. The van der Waals surface area contributed by atoms with Gasteiger partial charge < -0.3 is 13.9 Å². The average molecular weight is 733 g/mol. The molecule has 0 bridgehead atoms. The number of nitrogens with zero attached hydrogens (tertiary/aromatic N) is 2. The number of hydrogen-bond donors (Lipinski definition) is 0. The van der Waals surface area contributed by atoms with Gasteiger partial charge in [-0.15, -0.1) is 11.3 Å². The van der Waals surface area contributed by atoms with Crippen LogP contribution in [0.5, 0.6) is 0 Å². The molecule has 0 atom stereocenters. The lowest BCUT2D eigenvalue weighted by Gasteiger charge is -2.28. The van der Waals surface area contributed by atoms with Crippen molar-refractivity contribution in [3.05, 3.63) is 194 Å². The molecule has 3 nitrogen and oxygen atoms in total. The number of para-hydroxylation sites is 3. The second kappa shape index (κ2) is 12.2. The molecule has 0 N–H and O–H groups in total. The van der Waals surface area contributed by atoms with Crippen molar-refractivity contribution in [3.63, 3.8) is 0 Å². The summed E-state index contributed by atoms with van der Waals surface area (Å²) in [6.45, 7) is 0.